The molecule has 112 valence electrons. The topological polar surface area (TPSA) is 73.0 Å². The first-order chi connectivity index (χ1) is 10.2. The van der Waals surface area contributed by atoms with Crippen molar-refractivity contribution in [3.8, 4) is 0 Å². The third-order valence-corrected chi connectivity index (χ3v) is 4.16. The number of aryl methyl sites for hydroxylation is 1. The quantitative estimate of drug-likeness (QED) is 0.939. The summed E-state index contributed by atoms with van der Waals surface area (Å²) in [6, 6.07) is 1.96. The number of amides is 1. The van der Waals surface area contributed by atoms with Crippen LogP contribution in [-0.4, -0.2) is 20.7 Å². The predicted molar refractivity (Wildman–Crippen MR) is 76.9 cm³/mol. The Kier molecular flexibility index (Phi) is 3.77. The van der Waals surface area contributed by atoms with Crippen molar-refractivity contribution in [2.24, 2.45) is 0 Å². The van der Waals surface area contributed by atoms with E-state index in [0.29, 0.717) is 17.4 Å². The summed E-state index contributed by atoms with van der Waals surface area (Å²) in [6.07, 6.45) is 8.11. The molecule has 0 aromatic carbocycles. The van der Waals surface area contributed by atoms with E-state index in [2.05, 4.69) is 20.1 Å². The molecular formula is C15H20N4O2. The van der Waals surface area contributed by atoms with E-state index in [1.807, 2.05) is 6.92 Å². The maximum atomic E-state index is 12.2. The Morgan fingerprint density at radius 2 is 2.24 bits per heavy atom. The Morgan fingerprint density at radius 1 is 1.48 bits per heavy atom. The third-order valence-electron chi connectivity index (χ3n) is 4.16. The fourth-order valence-electron chi connectivity index (χ4n) is 2.98. The molecule has 6 nitrogen and oxygen atoms in total. The number of aromatic nitrogens is 3. The van der Waals surface area contributed by atoms with Gasteiger partial charge in [0.15, 0.2) is 5.82 Å². The number of hydrogen-bond donors (Lipinski definition) is 1. The number of hydrogen-bond acceptors (Lipinski definition) is 4. The molecule has 0 spiro atoms. The summed E-state index contributed by atoms with van der Waals surface area (Å²) in [7, 11) is 0. The van der Waals surface area contributed by atoms with Crippen LogP contribution in [0.25, 0.3) is 0 Å². The molecule has 1 atom stereocenters. The van der Waals surface area contributed by atoms with Gasteiger partial charge in [0.05, 0.1) is 17.9 Å². The fourth-order valence-corrected chi connectivity index (χ4v) is 2.98. The molecule has 1 amide bonds. The molecule has 0 bridgehead atoms. The van der Waals surface area contributed by atoms with Gasteiger partial charge in [0, 0.05) is 6.04 Å². The van der Waals surface area contributed by atoms with Gasteiger partial charge in [-0.3, -0.25) is 4.79 Å². The van der Waals surface area contributed by atoms with Crippen molar-refractivity contribution in [2.45, 2.75) is 51.6 Å². The minimum absolute atomic E-state index is 0.144. The van der Waals surface area contributed by atoms with Crippen LogP contribution in [0.2, 0.25) is 0 Å². The molecule has 1 N–H and O–H groups in total. The van der Waals surface area contributed by atoms with E-state index in [-0.39, 0.29) is 11.9 Å². The number of carbonyl (C=O) groups excluding carboxylic acids is 1. The molecule has 0 unspecified atom stereocenters. The number of rotatable bonds is 4. The number of nitrogens with one attached hydrogen (secondary N) is 1. The van der Waals surface area contributed by atoms with Gasteiger partial charge in [0.2, 0.25) is 0 Å². The van der Waals surface area contributed by atoms with Gasteiger partial charge in [0.25, 0.3) is 5.91 Å². The molecule has 6 heteroatoms. The Labute approximate surface area is 123 Å². The van der Waals surface area contributed by atoms with Crippen molar-refractivity contribution in [1.29, 1.82) is 0 Å². The highest BCUT2D eigenvalue weighted by atomic mass is 16.3. The lowest BCUT2D eigenvalue weighted by Gasteiger charge is -2.18. The van der Waals surface area contributed by atoms with Gasteiger partial charge in [-0.25, -0.2) is 0 Å². The second-order valence-corrected chi connectivity index (χ2v) is 5.62. The lowest BCUT2D eigenvalue weighted by Crippen LogP contribution is -2.29. The monoisotopic (exact) mass is 288 g/mol. The highest BCUT2D eigenvalue weighted by molar-refractivity contribution is 5.95. The molecule has 2 aromatic rings. The molecule has 3 rings (SSSR count). The number of nitrogens with zero attached hydrogens (tertiary/aromatic N) is 3. The summed E-state index contributed by atoms with van der Waals surface area (Å²) in [4.78, 5) is 12.2. The molecule has 1 aliphatic rings. The summed E-state index contributed by atoms with van der Waals surface area (Å²) >= 11 is 0. The van der Waals surface area contributed by atoms with Crippen LogP contribution < -0.4 is 5.32 Å². The van der Waals surface area contributed by atoms with E-state index in [4.69, 9.17) is 4.42 Å². The smallest absolute Gasteiger partial charge is 0.255 e. The summed E-state index contributed by atoms with van der Waals surface area (Å²) in [5, 5.41) is 11.2. The van der Waals surface area contributed by atoms with Crippen LogP contribution in [-0.2, 0) is 0 Å². The standard InChI is InChI=1S/C15H20N4O2/c1-10(17-15(20)13-7-8-21-11(13)2)14-18-16-9-19(14)12-5-3-4-6-12/h7-10,12H,3-6H2,1-2H3,(H,17,20)/t10-/m0/s1. The van der Waals surface area contributed by atoms with Crippen LogP contribution in [0, 0.1) is 6.92 Å². The van der Waals surface area contributed by atoms with Crippen molar-refractivity contribution in [3.63, 3.8) is 0 Å². The first kappa shape index (κ1) is 13.9. The SMILES string of the molecule is Cc1occc1C(=O)N[C@@H](C)c1nncn1C1CCCC1. The van der Waals surface area contributed by atoms with Gasteiger partial charge < -0.3 is 14.3 Å². The first-order valence-corrected chi connectivity index (χ1v) is 7.41. The van der Waals surface area contributed by atoms with Gasteiger partial charge in [-0.1, -0.05) is 12.8 Å². The molecule has 0 saturated heterocycles. The van der Waals surface area contributed by atoms with Crippen LogP contribution >= 0.6 is 0 Å². The third kappa shape index (κ3) is 2.70. The van der Waals surface area contributed by atoms with E-state index < -0.39 is 0 Å². The van der Waals surface area contributed by atoms with Crippen LogP contribution in [0.15, 0.2) is 23.1 Å². The fraction of sp³-hybridized carbons (Fsp3) is 0.533. The minimum Gasteiger partial charge on any atom is -0.469 e. The largest absolute Gasteiger partial charge is 0.469 e. The van der Waals surface area contributed by atoms with Crippen LogP contribution in [0.4, 0.5) is 0 Å². The predicted octanol–water partition coefficient (Wildman–Crippen LogP) is 2.79. The van der Waals surface area contributed by atoms with Gasteiger partial charge in [-0.15, -0.1) is 10.2 Å². The average Bonchev–Trinajstić information content (AvgIpc) is 3.19. The summed E-state index contributed by atoms with van der Waals surface area (Å²) in [5.74, 6) is 1.29. The normalized spacial score (nSPS) is 17.0. The second kappa shape index (κ2) is 5.71. The zero-order valence-corrected chi connectivity index (χ0v) is 12.4. The Balaban J connectivity index is 1.74. The summed E-state index contributed by atoms with van der Waals surface area (Å²) in [5.41, 5.74) is 0.564. The molecule has 2 aromatic heterocycles. The number of furan rings is 1. The molecule has 0 radical (unpaired) electrons. The van der Waals surface area contributed by atoms with E-state index in [0.717, 1.165) is 18.7 Å². The second-order valence-electron chi connectivity index (χ2n) is 5.62. The first-order valence-electron chi connectivity index (χ1n) is 7.41. The van der Waals surface area contributed by atoms with Gasteiger partial charge in [-0.05, 0) is 32.8 Å². The molecule has 1 aliphatic carbocycles. The van der Waals surface area contributed by atoms with Crippen LogP contribution in [0.5, 0.6) is 0 Å². The van der Waals surface area contributed by atoms with E-state index >= 15 is 0 Å². The Morgan fingerprint density at radius 3 is 2.90 bits per heavy atom. The van der Waals surface area contributed by atoms with E-state index in [9.17, 15) is 4.79 Å². The highest BCUT2D eigenvalue weighted by Crippen LogP contribution is 2.31. The van der Waals surface area contributed by atoms with Crippen LogP contribution in [0.1, 0.15) is 66.6 Å². The molecule has 1 saturated carbocycles. The van der Waals surface area contributed by atoms with Crippen molar-refractivity contribution >= 4 is 5.91 Å². The van der Waals surface area contributed by atoms with E-state index in [1.165, 1.54) is 19.1 Å². The van der Waals surface area contributed by atoms with Crippen LogP contribution in [0.3, 0.4) is 0 Å². The molecular weight excluding hydrogens is 268 g/mol. The Bertz CT molecular complexity index is 625. The van der Waals surface area contributed by atoms with Crippen molar-refractivity contribution in [2.75, 3.05) is 0 Å². The zero-order chi connectivity index (χ0) is 14.8. The highest BCUT2D eigenvalue weighted by Gasteiger charge is 2.24. The number of carbonyl (C=O) groups is 1. The minimum atomic E-state index is -0.185. The van der Waals surface area contributed by atoms with Crippen molar-refractivity contribution < 1.29 is 9.21 Å². The summed E-state index contributed by atoms with van der Waals surface area (Å²) < 4.78 is 7.28. The molecule has 0 aliphatic heterocycles. The maximum Gasteiger partial charge on any atom is 0.255 e. The molecule has 2 heterocycles. The summed E-state index contributed by atoms with van der Waals surface area (Å²) in [6.45, 7) is 3.71. The van der Waals surface area contributed by atoms with Crippen molar-refractivity contribution in [1.82, 2.24) is 20.1 Å². The lowest BCUT2D eigenvalue weighted by atomic mass is 10.2. The average molecular weight is 288 g/mol. The maximum absolute atomic E-state index is 12.2. The van der Waals surface area contributed by atoms with Gasteiger partial charge in [-0.2, -0.15) is 0 Å². The molecule has 21 heavy (non-hydrogen) atoms. The Hall–Kier alpha value is -2.11. The van der Waals surface area contributed by atoms with E-state index in [1.54, 1.807) is 19.3 Å². The van der Waals surface area contributed by atoms with Gasteiger partial charge in [0.1, 0.15) is 12.1 Å². The van der Waals surface area contributed by atoms with Gasteiger partial charge >= 0.3 is 0 Å². The van der Waals surface area contributed by atoms with Crippen molar-refractivity contribution in [3.05, 3.63) is 35.8 Å². The lowest BCUT2D eigenvalue weighted by molar-refractivity contribution is 0.0935. The molecule has 1 fully saturated rings. The zero-order valence-electron chi connectivity index (χ0n) is 12.4.